The van der Waals surface area contributed by atoms with Gasteiger partial charge in [0.1, 0.15) is 5.41 Å². The summed E-state index contributed by atoms with van der Waals surface area (Å²) in [6.07, 6.45) is 0.335. The molecule has 2 rings (SSSR count). The molecule has 6 heteroatoms. The van der Waals surface area contributed by atoms with Crippen molar-refractivity contribution in [2.75, 3.05) is 6.61 Å². The van der Waals surface area contributed by atoms with E-state index in [1.807, 2.05) is 0 Å². The van der Waals surface area contributed by atoms with Crippen LogP contribution in [-0.2, 0) is 9.53 Å². The van der Waals surface area contributed by atoms with E-state index >= 15 is 0 Å². The normalized spacial score (nSPS) is 22.6. The second kappa shape index (κ2) is 4.21. The Morgan fingerprint density at radius 1 is 1.39 bits per heavy atom. The van der Waals surface area contributed by atoms with Crippen LogP contribution in [0.4, 0.5) is 5.69 Å². The maximum Gasteiger partial charge on any atom is 0.319 e. The second-order valence-corrected chi connectivity index (χ2v) is 4.35. The summed E-state index contributed by atoms with van der Waals surface area (Å²) in [5, 5.41) is 10.5. The van der Waals surface area contributed by atoms with Crippen molar-refractivity contribution in [2.24, 2.45) is 5.41 Å². The molecule has 1 saturated heterocycles. The number of ether oxygens (including phenoxy) is 1. The first-order valence-corrected chi connectivity index (χ1v) is 5.41. The van der Waals surface area contributed by atoms with Crippen LogP contribution in [0.1, 0.15) is 23.7 Å². The summed E-state index contributed by atoms with van der Waals surface area (Å²) in [5.41, 5.74) is -0.983. The minimum Gasteiger partial charge on any atom is -0.465 e. The maximum atomic E-state index is 12.2. The predicted octanol–water partition coefficient (Wildman–Crippen LogP) is 1.73. The van der Waals surface area contributed by atoms with Crippen molar-refractivity contribution in [1.29, 1.82) is 0 Å². The number of hydrogen-bond donors (Lipinski definition) is 0. The maximum absolute atomic E-state index is 12.2. The number of carbonyl (C=O) groups excluding carboxylic acids is 2. The summed E-state index contributed by atoms with van der Waals surface area (Å²) in [6.45, 7) is 1.76. The highest BCUT2D eigenvalue weighted by atomic mass is 16.6. The number of carbonyl (C=O) groups is 2. The minimum atomic E-state index is -1.17. The quantitative estimate of drug-likeness (QED) is 0.267. The third kappa shape index (κ3) is 1.85. The Morgan fingerprint density at radius 2 is 2.00 bits per heavy atom. The predicted molar refractivity (Wildman–Crippen MR) is 61.1 cm³/mol. The fourth-order valence-corrected chi connectivity index (χ4v) is 1.87. The summed E-state index contributed by atoms with van der Waals surface area (Å²) in [4.78, 5) is 33.7. The Labute approximate surface area is 103 Å². The highest BCUT2D eigenvalue weighted by Gasteiger charge is 2.46. The number of hydrogen-bond acceptors (Lipinski definition) is 5. The van der Waals surface area contributed by atoms with Crippen LogP contribution in [0.15, 0.2) is 24.3 Å². The van der Waals surface area contributed by atoms with Gasteiger partial charge in [0.15, 0.2) is 5.78 Å². The van der Waals surface area contributed by atoms with E-state index in [4.69, 9.17) is 4.74 Å². The molecule has 0 aliphatic carbocycles. The fraction of sp³-hybridized carbons (Fsp3) is 0.333. The number of nitro benzene ring substituents is 1. The van der Waals surface area contributed by atoms with Gasteiger partial charge < -0.3 is 4.74 Å². The lowest BCUT2D eigenvalue weighted by Crippen LogP contribution is -2.32. The van der Waals surface area contributed by atoms with Crippen LogP contribution in [0.25, 0.3) is 0 Å². The molecule has 1 fully saturated rings. The zero-order valence-corrected chi connectivity index (χ0v) is 9.71. The SMILES string of the molecule is C[C@]1(C(=O)c2ccc([N+](=O)[O-])cc2)CCOC1=O. The molecule has 1 heterocycles. The summed E-state index contributed by atoms with van der Waals surface area (Å²) in [7, 11) is 0. The number of cyclic esters (lactones) is 1. The van der Waals surface area contributed by atoms with Crippen molar-refractivity contribution >= 4 is 17.4 Å². The van der Waals surface area contributed by atoms with Gasteiger partial charge in [0.25, 0.3) is 5.69 Å². The molecule has 0 amide bonds. The molecular formula is C12H11NO5. The molecule has 1 atom stereocenters. The van der Waals surface area contributed by atoms with Crippen molar-refractivity contribution in [3.8, 4) is 0 Å². The Morgan fingerprint density at radius 3 is 2.44 bits per heavy atom. The van der Waals surface area contributed by atoms with Gasteiger partial charge in [-0.1, -0.05) is 0 Å². The van der Waals surface area contributed by atoms with E-state index in [2.05, 4.69) is 0 Å². The van der Waals surface area contributed by atoms with Crippen LogP contribution in [0.3, 0.4) is 0 Å². The van der Waals surface area contributed by atoms with Crippen molar-refractivity contribution in [2.45, 2.75) is 13.3 Å². The number of nitro groups is 1. The minimum absolute atomic E-state index is 0.0919. The smallest absolute Gasteiger partial charge is 0.319 e. The molecule has 0 spiro atoms. The molecule has 1 aliphatic rings. The number of ketones is 1. The molecule has 1 aromatic rings. The largest absolute Gasteiger partial charge is 0.465 e. The lowest BCUT2D eigenvalue weighted by atomic mass is 9.81. The molecule has 6 nitrogen and oxygen atoms in total. The third-order valence-electron chi connectivity index (χ3n) is 3.13. The van der Waals surface area contributed by atoms with Crippen LogP contribution < -0.4 is 0 Å². The van der Waals surface area contributed by atoms with Gasteiger partial charge in [0.05, 0.1) is 11.5 Å². The first-order chi connectivity index (χ1) is 8.45. The number of benzene rings is 1. The standard InChI is InChI=1S/C12H11NO5/c1-12(6-7-18-11(12)15)10(14)8-2-4-9(5-3-8)13(16)17/h2-5H,6-7H2,1H3/t12-/m1/s1. The lowest BCUT2D eigenvalue weighted by molar-refractivity contribution is -0.384. The topological polar surface area (TPSA) is 86.5 Å². The molecule has 0 N–H and O–H groups in total. The number of nitrogens with zero attached hydrogens (tertiary/aromatic N) is 1. The van der Waals surface area contributed by atoms with Crippen LogP contribution in [-0.4, -0.2) is 23.3 Å². The summed E-state index contributed by atoms with van der Waals surface area (Å²) >= 11 is 0. The van der Waals surface area contributed by atoms with E-state index in [0.717, 1.165) is 0 Å². The number of esters is 1. The van der Waals surface area contributed by atoms with Gasteiger partial charge >= 0.3 is 5.97 Å². The van der Waals surface area contributed by atoms with Gasteiger partial charge in [0.2, 0.25) is 0 Å². The molecule has 0 unspecified atom stereocenters. The highest BCUT2D eigenvalue weighted by Crippen LogP contribution is 2.33. The average molecular weight is 249 g/mol. The Bertz CT molecular complexity index is 522. The van der Waals surface area contributed by atoms with Gasteiger partial charge in [-0.25, -0.2) is 0 Å². The highest BCUT2D eigenvalue weighted by molar-refractivity contribution is 6.12. The van der Waals surface area contributed by atoms with Gasteiger partial charge in [-0.3, -0.25) is 19.7 Å². The van der Waals surface area contributed by atoms with E-state index < -0.39 is 16.3 Å². The molecule has 1 aliphatic heterocycles. The Balaban J connectivity index is 2.29. The van der Waals surface area contributed by atoms with Gasteiger partial charge in [-0.05, 0) is 19.1 Å². The zero-order valence-electron chi connectivity index (χ0n) is 9.71. The number of rotatable bonds is 3. The van der Waals surface area contributed by atoms with Crippen molar-refractivity contribution in [3.05, 3.63) is 39.9 Å². The van der Waals surface area contributed by atoms with Gasteiger partial charge in [-0.2, -0.15) is 0 Å². The number of non-ortho nitro benzene ring substituents is 1. The van der Waals surface area contributed by atoms with Crippen LogP contribution >= 0.6 is 0 Å². The Kier molecular flexibility index (Phi) is 2.86. The lowest BCUT2D eigenvalue weighted by Gasteiger charge is -2.16. The fourth-order valence-electron chi connectivity index (χ4n) is 1.87. The van der Waals surface area contributed by atoms with Crippen LogP contribution in [0.2, 0.25) is 0 Å². The van der Waals surface area contributed by atoms with E-state index in [9.17, 15) is 19.7 Å². The molecule has 1 aromatic carbocycles. The molecular weight excluding hydrogens is 238 g/mol. The van der Waals surface area contributed by atoms with Crippen LogP contribution in [0.5, 0.6) is 0 Å². The first-order valence-electron chi connectivity index (χ1n) is 5.41. The molecule has 94 valence electrons. The van der Waals surface area contributed by atoms with E-state index in [1.54, 1.807) is 0 Å². The molecule has 0 bridgehead atoms. The zero-order chi connectivity index (χ0) is 13.3. The van der Waals surface area contributed by atoms with E-state index in [-0.39, 0.29) is 23.6 Å². The molecule has 0 saturated carbocycles. The molecule has 0 radical (unpaired) electrons. The van der Waals surface area contributed by atoms with Crippen LogP contribution in [0, 0.1) is 15.5 Å². The molecule has 0 aromatic heterocycles. The van der Waals surface area contributed by atoms with Crippen molar-refractivity contribution < 1.29 is 19.2 Å². The summed E-state index contributed by atoms with van der Waals surface area (Å²) < 4.78 is 4.81. The monoisotopic (exact) mass is 249 g/mol. The second-order valence-electron chi connectivity index (χ2n) is 4.35. The van der Waals surface area contributed by atoms with Crippen molar-refractivity contribution in [1.82, 2.24) is 0 Å². The van der Waals surface area contributed by atoms with Gasteiger partial charge in [0, 0.05) is 24.1 Å². The number of Topliss-reactive ketones (excluding diaryl/α,β-unsaturated/α-hetero) is 1. The molecule has 18 heavy (non-hydrogen) atoms. The Hall–Kier alpha value is -2.24. The van der Waals surface area contributed by atoms with Crippen molar-refractivity contribution in [3.63, 3.8) is 0 Å². The van der Waals surface area contributed by atoms with E-state index in [1.165, 1.54) is 31.2 Å². The van der Waals surface area contributed by atoms with Gasteiger partial charge in [-0.15, -0.1) is 0 Å². The average Bonchev–Trinajstić information content (AvgIpc) is 2.70. The third-order valence-corrected chi connectivity index (χ3v) is 3.13. The first kappa shape index (κ1) is 12.2. The summed E-state index contributed by atoms with van der Waals surface area (Å²) in [6, 6.07) is 5.21. The summed E-state index contributed by atoms with van der Waals surface area (Å²) in [5.74, 6) is -0.897. The van der Waals surface area contributed by atoms with E-state index in [0.29, 0.717) is 6.42 Å².